The highest BCUT2D eigenvalue weighted by atomic mass is 16.7. The first-order chi connectivity index (χ1) is 6.84. The van der Waals surface area contributed by atoms with Crippen molar-refractivity contribution in [2.75, 3.05) is 19.8 Å². The van der Waals surface area contributed by atoms with Gasteiger partial charge in [0.05, 0.1) is 25.9 Å². The Morgan fingerprint density at radius 2 is 1.93 bits per heavy atom. The molecule has 2 aliphatic heterocycles. The standard InChI is InChI=1S/C11H18O3/c1-9-7-10(14-8-9)3-4-11-12-5-2-6-13-11/h10-11H,1-8H2. The molecule has 2 fully saturated rings. The maximum atomic E-state index is 5.55. The molecule has 0 spiro atoms. The molecule has 0 aromatic carbocycles. The maximum absolute atomic E-state index is 5.55. The lowest BCUT2D eigenvalue weighted by Gasteiger charge is -2.23. The van der Waals surface area contributed by atoms with E-state index in [2.05, 4.69) is 6.58 Å². The van der Waals surface area contributed by atoms with Crippen LogP contribution in [-0.4, -0.2) is 32.2 Å². The van der Waals surface area contributed by atoms with Gasteiger partial charge in [0.1, 0.15) is 0 Å². The van der Waals surface area contributed by atoms with Crippen molar-refractivity contribution in [3.05, 3.63) is 12.2 Å². The van der Waals surface area contributed by atoms with Gasteiger partial charge in [0.15, 0.2) is 6.29 Å². The smallest absolute Gasteiger partial charge is 0.157 e. The van der Waals surface area contributed by atoms with Gasteiger partial charge >= 0.3 is 0 Å². The van der Waals surface area contributed by atoms with Gasteiger partial charge in [0, 0.05) is 6.42 Å². The van der Waals surface area contributed by atoms with Gasteiger partial charge in [-0.15, -0.1) is 0 Å². The maximum Gasteiger partial charge on any atom is 0.157 e. The van der Waals surface area contributed by atoms with Crippen molar-refractivity contribution in [3.63, 3.8) is 0 Å². The average molecular weight is 198 g/mol. The van der Waals surface area contributed by atoms with Gasteiger partial charge in [-0.1, -0.05) is 6.58 Å². The number of hydrogen-bond donors (Lipinski definition) is 0. The van der Waals surface area contributed by atoms with Crippen LogP contribution in [-0.2, 0) is 14.2 Å². The van der Waals surface area contributed by atoms with E-state index >= 15 is 0 Å². The van der Waals surface area contributed by atoms with E-state index in [0.29, 0.717) is 6.10 Å². The van der Waals surface area contributed by atoms with Crippen molar-refractivity contribution >= 4 is 0 Å². The molecule has 0 aromatic heterocycles. The Bertz CT molecular complexity index is 197. The Morgan fingerprint density at radius 1 is 1.14 bits per heavy atom. The first-order valence-corrected chi connectivity index (χ1v) is 5.36. The van der Waals surface area contributed by atoms with E-state index in [1.165, 1.54) is 5.57 Å². The molecule has 2 rings (SSSR count). The largest absolute Gasteiger partial charge is 0.374 e. The third kappa shape index (κ3) is 2.80. The quantitative estimate of drug-likeness (QED) is 0.648. The normalized spacial score (nSPS) is 29.7. The second kappa shape index (κ2) is 4.91. The van der Waals surface area contributed by atoms with E-state index in [4.69, 9.17) is 14.2 Å². The predicted octanol–water partition coefficient (Wildman–Crippen LogP) is 1.87. The molecule has 0 aliphatic carbocycles. The van der Waals surface area contributed by atoms with Crippen molar-refractivity contribution in [3.8, 4) is 0 Å². The lowest BCUT2D eigenvalue weighted by molar-refractivity contribution is -0.183. The van der Waals surface area contributed by atoms with Crippen LogP contribution in [0.3, 0.4) is 0 Å². The number of rotatable bonds is 3. The van der Waals surface area contributed by atoms with Crippen LogP contribution in [0, 0.1) is 0 Å². The summed E-state index contributed by atoms with van der Waals surface area (Å²) in [5, 5.41) is 0. The van der Waals surface area contributed by atoms with Gasteiger partial charge in [-0.3, -0.25) is 0 Å². The van der Waals surface area contributed by atoms with Crippen LogP contribution in [0.25, 0.3) is 0 Å². The summed E-state index contributed by atoms with van der Waals surface area (Å²) in [7, 11) is 0. The first kappa shape index (κ1) is 10.1. The van der Waals surface area contributed by atoms with Crippen molar-refractivity contribution in [1.82, 2.24) is 0 Å². The highest BCUT2D eigenvalue weighted by Crippen LogP contribution is 2.22. The summed E-state index contributed by atoms with van der Waals surface area (Å²) in [6, 6.07) is 0. The predicted molar refractivity (Wildman–Crippen MR) is 53.0 cm³/mol. The summed E-state index contributed by atoms with van der Waals surface area (Å²) in [5.41, 5.74) is 1.21. The third-order valence-corrected chi connectivity index (χ3v) is 2.66. The fraction of sp³-hybridized carbons (Fsp3) is 0.818. The average Bonchev–Trinajstić information content (AvgIpc) is 2.63. The SMILES string of the molecule is C=C1COC(CCC2OCCCO2)C1. The second-order valence-electron chi connectivity index (χ2n) is 3.99. The Hall–Kier alpha value is -0.380. The van der Waals surface area contributed by atoms with Gasteiger partial charge in [-0.2, -0.15) is 0 Å². The minimum Gasteiger partial charge on any atom is -0.374 e. The van der Waals surface area contributed by atoms with Gasteiger partial charge in [-0.05, 0) is 24.8 Å². The minimum absolute atomic E-state index is 0.00113. The van der Waals surface area contributed by atoms with Crippen LogP contribution in [0.4, 0.5) is 0 Å². The first-order valence-electron chi connectivity index (χ1n) is 5.36. The van der Waals surface area contributed by atoms with E-state index in [1.807, 2.05) is 0 Å². The topological polar surface area (TPSA) is 27.7 Å². The van der Waals surface area contributed by atoms with Gasteiger partial charge in [-0.25, -0.2) is 0 Å². The van der Waals surface area contributed by atoms with E-state index in [-0.39, 0.29) is 6.29 Å². The van der Waals surface area contributed by atoms with E-state index in [0.717, 1.165) is 45.5 Å². The molecule has 3 heteroatoms. The van der Waals surface area contributed by atoms with Gasteiger partial charge in [0.2, 0.25) is 0 Å². The van der Waals surface area contributed by atoms with Gasteiger partial charge in [0.25, 0.3) is 0 Å². The molecule has 2 heterocycles. The molecule has 0 N–H and O–H groups in total. The van der Waals surface area contributed by atoms with Crippen molar-refractivity contribution < 1.29 is 14.2 Å². The Morgan fingerprint density at radius 3 is 2.57 bits per heavy atom. The monoisotopic (exact) mass is 198 g/mol. The zero-order chi connectivity index (χ0) is 9.80. The summed E-state index contributed by atoms with van der Waals surface area (Å²) >= 11 is 0. The summed E-state index contributed by atoms with van der Waals surface area (Å²) in [6.07, 6.45) is 4.33. The molecule has 0 radical (unpaired) electrons. The molecule has 2 aliphatic rings. The summed E-state index contributed by atoms with van der Waals surface area (Å²) in [5.74, 6) is 0. The molecule has 14 heavy (non-hydrogen) atoms. The molecule has 0 bridgehead atoms. The summed E-state index contributed by atoms with van der Waals surface area (Å²) in [4.78, 5) is 0. The lowest BCUT2D eigenvalue weighted by atomic mass is 10.1. The molecule has 1 unspecified atom stereocenters. The van der Waals surface area contributed by atoms with E-state index < -0.39 is 0 Å². The second-order valence-corrected chi connectivity index (χ2v) is 3.99. The molecular weight excluding hydrogens is 180 g/mol. The highest BCUT2D eigenvalue weighted by Gasteiger charge is 2.21. The highest BCUT2D eigenvalue weighted by molar-refractivity contribution is 5.01. The van der Waals surface area contributed by atoms with E-state index in [9.17, 15) is 0 Å². The lowest BCUT2D eigenvalue weighted by Crippen LogP contribution is -2.25. The Balaban J connectivity index is 1.63. The molecule has 0 aromatic rings. The fourth-order valence-electron chi connectivity index (χ4n) is 1.89. The Kier molecular flexibility index (Phi) is 3.56. The van der Waals surface area contributed by atoms with Crippen LogP contribution in [0.1, 0.15) is 25.7 Å². The molecular formula is C11H18O3. The zero-order valence-corrected chi connectivity index (χ0v) is 8.54. The minimum atomic E-state index is 0.00113. The molecule has 3 nitrogen and oxygen atoms in total. The molecule has 2 saturated heterocycles. The molecule has 80 valence electrons. The van der Waals surface area contributed by atoms with E-state index in [1.54, 1.807) is 0 Å². The van der Waals surface area contributed by atoms with Crippen molar-refractivity contribution in [2.45, 2.75) is 38.1 Å². The summed E-state index contributed by atoms with van der Waals surface area (Å²) in [6.45, 7) is 6.32. The molecule has 1 atom stereocenters. The molecule has 0 amide bonds. The fourth-order valence-corrected chi connectivity index (χ4v) is 1.89. The van der Waals surface area contributed by atoms with Crippen molar-refractivity contribution in [1.29, 1.82) is 0 Å². The van der Waals surface area contributed by atoms with Gasteiger partial charge < -0.3 is 14.2 Å². The van der Waals surface area contributed by atoms with Crippen LogP contribution in [0.5, 0.6) is 0 Å². The van der Waals surface area contributed by atoms with Crippen LogP contribution in [0.15, 0.2) is 12.2 Å². The number of hydrogen-bond acceptors (Lipinski definition) is 3. The van der Waals surface area contributed by atoms with Crippen LogP contribution >= 0.6 is 0 Å². The molecule has 0 saturated carbocycles. The van der Waals surface area contributed by atoms with Crippen molar-refractivity contribution in [2.24, 2.45) is 0 Å². The number of ether oxygens (including phenoxy) is 3. The zero-order valence-electron chi connectivity index (χ0n) is 8.54. The summed E-state index contributed by atoms with van der Waals surface area (Å²) < 4.78 is 16.5. The van der Waals surface area contributed by atoms with Crippen LogP contribution in [0.2, 0.25) is 0 Å². The van der Waals surface area contributed by atoms with Crippen LogP contribution < -0.4 is 0 Å². The third-order valence-electron chi connectivity index (χ3n) is 2.66. The Labute approximate surface area is 85.0 Å².